The molecule has 1 aromatic heterocycles. The van der Waals surface area contributed by atoms with E-state index in [1.807, 2.05) is 12.1 Å². The van der Waals surface area contributed by atoms with Crippen molar-refractivity contribution in [3.8, 4) is 0 Å². The molecule has 1 saturated carbocycles. The van der Waals surface area contributed by atoms with Gasteiger partial charge >= 0.3 is 0 Å². The second-order valence-corrected chi connectivity index (χ2v) is 8.17. The van der Waals surface area contributed by atoms with E-state index in [9.17, 15) is 14.3 Å². The molecule has 0 radical (unpaired) electrons. The van der Waals surface area contributed by atoms with E-state index in [0.717, 1.165) is 18.4 Å². The molecule has 4 nitrogen and oxygen atoms in total. The van der Waals surface area contributed by atoms with E-state index >= 15 is 0 Å². The van der Waals surface area contributed by atoms with Gasteiger partial charge in [0.05, 0.1) is 12.2 Å². The maximum atomic E-state index is 13.4. The number of amides is 1. The van der Waals surface area contributed by atoms with Crippen LogP contribution in [-0.2, 0) is 16.8 Å². The molecule has 1 N–H and O–H groups in total. The van der Waals surface area contributed by atoms with Crippen molar-refractivity contribution in [2.45, 2.75) is 37.5 Å². The zero-order valence-electron chi connectivity index (χ0n) is 16.3. The minimum absolute atomic E-state index is 0.176. The molecule has 1 aliphatic carbocycles. The fraction of sp³-hybridized carbons (Fsp3) is 0.250. The molecule has 30 heavy (non-hydrogen) atoms. The van der Waals surface area contributed by atoms with Crippen molar-refractivity contribution in [1.29, 1.82) is 0 Å². The van der Waals surface area contributed by atoms with Crippen molar-refractivity contribution in [3.05, 3.63) is 101 Å². The number of aromatic nitrogens is 1. The number of rotatable bonds is 7. The molecule has 3 aromatic rings. The second-order valence-electron chi connectivity index (χ2n) is 7.73. The first-order valence-corrected chi connectivity index (χ1v) is 10.2. The van der Waals surface area contributed by atoms with Crippen LogP contribution in [-0.4, -0.2) is 20.9 Å². The maximum absolute atomic E-state index is 13.4. The van der Waals surface area contributed by atoms with Crippen molar-refractivity contribution in [2.75, 3.05) is 0 Å². The lowest BCUT2D eigenvalue weighted by molar-refractivity contribution is -0.143. The number of hydrogen-bond acceptors (Lipinski definition) is 3. The van der Waals surface area contributed by atoms with Crippen LogP contribution >= 0.6 is 11.6 Å². The van der Waals surface area contributed by atoms with Gasteiger partial charge in [0.1, 0.15) is 5.82 Å². The molecule has 0 bridgehead atoms. The highest BCUT2D eigenvalue weighted by Crippen LogP contribution is 2.51. The van der Waals surface area contributed by atoms with E-state index in [1.165, 1.54) is 17.0 Å². The first-order valence-electron chi connectivity index (χ1n) is 9.86. The Balaban J connectivity index is 1.59. The number of aliphatic hydroxyl groups excluding tert-OH is 1. The molecule has 1 fully saturated rings. The fourth-order valence-electron chi connectivity index (χ4n) is 3.70. The van der Waals surface area contributed by atoms with Gasteiger partial charge in [-0.15, -0.1) is 0 Å². The van der Waals surface area contributed by atoms with Gasteiger partial charge in [-0.2, -0.15) is 0 Å². The predicted octanol–water partition coefficient (Wildman–Crippen LogP) is 5.02. The van der Waals surface area contributed by atoms with Gasteiger partial charge in [0.2, 0.25) is 5.91 Å². The summed E-state index contributed by atoms with van der Waals surface area (Å²) in [7, 11) is 0. The molecule has 4 rings (SSSR count). The number of carbonyl (C=O) groups is 1. The number of nitrogens with zero attached hydrogens (tertiary/aromatic N) is 2. The lowest BCUT2D eigenvalue weighted by Crippen LogP contribution is -2.36. The molecule has 1 heterocycles. The summed E-state index contributed by atoms with van der Waals surface area (Å²) in [6, 6.07) is 18.6. The topological polar surface area (TPSA) is 53.4 Å². The molecule has 2 aromatic carbocycles. The van der Waals surface area contributed by atoms with Crippen molar-refractivity contribution in [3.63, 3.8) is 0 Å². The van der Waals surface area contributed by atoms with Crippen LogP contribution in [0, 0.1) is 5.82 Å². The number of halogens is 2. The average Bonchev–Trinajstić information content (AvgIpc) is 3.53. The average molecular weight is 425 g/mol. The van der Waals surface area contributed by atoms with E-state index in [-0.39, 0.29) is 30.1 Å². The summed E-state index contributed by atoms with van der Waals surface area (Å²) in [5.74, 6) is -0.472. The van der Waals surface area contributed by atoms with Crippen LogP contribution in [0.5, 0.6) is 0 Å². The summed E-state index contributed by atoms with van der Waals surface area (Å²) >= 11 is 5.96. The van der Waals surface area contributed by atoms with Gasteiger partial charge in [-0.3, -0.25) is 9.78 Å². The summed E-state index contributed by atoms with van der Waals surface area (Å²) in [6.45, 7) is 0.183. The maximum Gasteiger partial charge on any atom is 0.226 e. The zero-order chi connectivity index (χ0) is 21.1. The highest BCUT2D eigenvalue weighted by Gasteiger charge is 2.47. The van der Waals surface area contributed by atoms with Crippen molar-refractivity contribution in [2.24, 2.45) is 0 Å². The highest BCUT2D eigenvalue weighted by molar-refractivity contribution is 6.30. The largest absolute Gasteiger partial charge is 0.369 e. The van der Waals surface area contributed by atoms with Gasteiger partial charge in [0.25, 0.3) is 0 Å². The van der Waals surface area contributed by atoms with Crippen LogP contribution in [0.3, 0.4) is 0 Å². The molecule has 0 spiro atoms. The minimum atomic E-state index is -1.12. The molecule has 6 heteroatoms. The smallest absolute Gasteiger partial charge is 0.226 e. The molecular weight excluding hydrogens is 403 g/mol. The van der Waals surface area contributed by atoms with Gasteiger partial charge in [0, 0.05) is 28.6 Å². The molecular formula is C24H22ClFN2O2. The van der Waals surface area contributed by atoms with E-state index in [2.05, 4.69) is 4.98 Å². The lowest BCUT2D eigenvalue weighted by atomic mass is 9.91. The van der Waals surface area contributed by atoms with E-state index in [4.69, 9.17) is 11.6 Å². The number of benzene rings is 2. The van der Waals surface area contributed by atoms with Crippen molar-refractivity contribution >= 4 is 17.5 Å². The number of carbonyl (C=O) groups excluding carboxylic acids is 1. The van der Waals surface area contributed by atoms with Crippen LogP contribution in [0.2, 0.25) is 5.02 Å². The van der Waals surface area contributed by atoms with E-state index in [0.29, 0.717) is 16.3 Å². The Kier molecular flexibility index (Phi) is 5.84. The summed E-state index contributed by atoms with van der Waals surface area (Å²) in [4.78, 5) is 19.1. The van der Waals surface area contributed by atoms with Crippen LogP contribution < -0.4 is 0 Å². The molecule has 154 valence electrons. The Morgan fingerprint density at radius 1 is 1.10 bits per heavy atom. The first-order chi connectivity index (χ1) is 14.5. The lowest BCUT2D eigenvalue weighted by Gasteiger charge is -2.30. The minimum Gasteiger partial charge on any atom is -0.369 e. The normalized spacial score (nSPS) is 15.4. The third kappa shape index (κ3) is 4.53. The number of hydrogen-bond donors (Lipinski definition) is 1. The molecule has 0 unspecified atom stereocenters. The zero-order valence-corrected chi connectivity index (χ0v) is 17.1. The van der Waals surface area contributed by atoms with E-state index in [1.54, 1.807) is 48.7 Å². The Labute approximate surface area is 179 Å². The first kappa shape index (κ1) is 20.5. The predicted molar refractivity (Wildman–Crippen MR) is 113 cm³/mol. The molecule has 0 aliphatic heterocycles. The van der Waals surface area contributed by atoms with Gasteiger partial charge in [0.15, 0.2) is 6.23 Å². The summed E-state index contributed by atoms with van der Waals surface area (Å²) < 4.78 is 13.3. The third-order valence-corrected chi connectivity index (χ3v) is 5.89. The van der Waals surface area contributed by atoms with Gasteiger partial charge in [-0.25, -0.2) is 4.39 Å². The Bertz CT molecular complexity index is 1010. The van der Waals surface area contributed by atoms with Crippen LogP contribution in [0.15, 0.2) is 72.9 Å². The Hall–Kier alpha value is -2.76. The summed E-state index contributed by atoms with van der Waals surface area (Å²) in [5, 5.41) is 11.6. The summed E-state index contributed by atoms with van der Waals surface area (Å²) in [6.07, 6.45) is 2.50. The van der Waals surface area contributed by atoms with Crippen LogP contribution in [0.25, 0.3) is 0 Å². The SMILES string of the molecule is O=C(CC1(c2ccc(F)cc2)CC1)N(Cc1ccccn1)[C@H](O)c1ccc(Cl)cc1. The Morgan fingerprint density at radius 2 is 1.80 bits per heavy atom. The standard InChI is InChI=1S/C24H22ClFN2O2/c25-19-8-4-17(5-9-19)23(30)28(16-21-3-1-2-14-27-21)22(29)15-24(12-13-24)18-6-10-20(26)11-7-18/h1-11,14,23,30H,12-13,15-16H2/t23-/m1/s1. The summed E-state index contributed by atoms with van der Waals surface area (Å²) in [5.41, 5.74) is 1.92. The van der Waals surface area contributed by atoms with E-state index < -0.39 is 6.23 Å². The molecule has 1 amide bonds. The van der Waals surface area contributed by atoms with Gasteiger partial charge in [-0.05, 0) is 54.8 Å². The molecule has 1 aliphatic rings. The van der Waals surface area contributed by atoms with Gasteiger partial charge < -0.3 is 10.0 Å². The fourth-order valence-corrected chi connectivity index (χ4v) is 3.83. The van der Waals surface area contributed by atoms with Crippen LogP contribution in [0.4, 0.5) is 4.39 Å². The van der Waals surface area contributed by atoms with Crippen LogP contribution in [0.1, 0.15) is 42.3 Å². The number of aliphatic hydroxyl groups is 1. The molecule has 0 saturated heterocycles. The Morgan fingerprint density at radius 3 is 2.40 bits per heavy atom. The number of pyridine rings is 1. The third-order valence-electron chi connectivity index (χ3n) is 5.64. The molecule has 1 atom stereocenters. The monoisotopic (exact) mass is 424 g/mol. The highest BCUT2D eigenvalue weighted by atomic mass is 35.5. The van der Waals surface area contributed by atoms with Crippen molar-refractivity contribution < 1.29 is 14.3 Å². The second kappa shape index (κ2) is 8.54. The quantitative estimate of drug-likeness (QED) is 0.542. The van der Waals surface area contributed by atoms with Crippen molar-refractivity contribution in [1.82, 2.24) is 9.88 Å². The van der Waals surface area contributed by atoms with Gasteiger partial charge in [-0.1, -0.05) is 41.9 Å².